The lowest BCUT2D eigenvalue weighted by Crippen LogP contribution is -2.31. The van der Waals surface area contributed by atoms with Crippen LogP contribution in [0.5, 0.6) is 0 Å². The van der Waals surface area contributed by atoms with Gasteiger partial charge in [0.05, 0.1) is 6.10 Å². The van der Waals surface area contributed by atoms with Gasteiger partial charge in [0.2, 0.25) is 0 Å². The van der Waals surface area contributed by atoms with Gasteiger partial charge in [0.25, 0.3) is 0 Å². The van der Waals surface area contributed by atoms with E-state index in [1.807, 2.05) is 6.92 Å². The van der Waals surface area contributed by atoms with Gasteiger partial charge in [0.1, 0.15) is 5.82 Å². The molecule has 0 saturated heterocycles. The summed E-state index contributed by atoms with van der Waals surface area (Å²) in [5.41, 5.74) is 1.02. The number of amides is 2. The zero-order chi connectivity index (χ0) is 13.5. The van der Waals surface area contributed by atoms with Crippen molar-refractivity contribution in [1.29, 1.82) is 0 Å². The van der Waals surface area contributed by atoms with E-state index in [2.05, 4.69) is 10.6 Å². The molecular formula is C13H19FN2O2. The Morgan fingerprint density at radius 1 is 1.50 bits per heavy atom. The van der Waals surface area contributed by atoms with Gasteiger partial charge in [0.15, 0.2) is 0 Å². The van der Waals surface area contributed by atoms with E-state index in [1.165, 1.54) is 12.1 Å². The molecule has 0 aliphatic heterocycles. The van der Waals surface area contributed by atoms with Crippen LogP contribution >= 0.6 is 0 Å². The van der Waals surface area contributed by atoms with Crippen molar-refractivity contribution in [2.24, 2.45) is 0 Å². The van der Waals surface area contributed by atoms with E-state index in [1.54, 1.807) is 13.0 Å². The number of aliphatic hydroxyl groups is 1. The Balaban J connectivity index is 2.38. The van der Waals surface area contributed by atoms with E-state index in [4.69, 9.17) is 0 Å². The molecule has 100 valence electrons. The Hall–Kier alpha value is -1.62. The number of urea groups is 1. The molecule has 1 aromatic carbocycles. The van der Waals surface area contributed by atoms with Gasteiger partial charge >= 0.3 is 6.03 Å². The summed E-state index contributed by atoms with van der Waals surface area (Å²) in [5, 5.41) is 14.5. The van der Waals surface area contributed by atoms with Crippen LogP contribution in [-0.4, -0.2) is 23.8 Å². The largest absolute Gasteiger partial charge is 0.393 e. The van der Waals surface area contributed by atoms with Crippen LogP contribution in [0, 0.1) is 12.7 Å². The first-order valence-electron chi connectivity index (χ1n) is 6.02. The predicted octanol–water partition coefficient (Wildman–Crippen LogP) is 2.42. The Bertz CT molecular complexity index is 410. The van der Waals surface area contributed by atoms with Gasteiger partial charge in [-0.25, -0.2) is 9.18 Å². The first-order chi connectivity index (χ1) is 8.52. The summed E-state index contributed by atoms with van der Waals surface area (Å²) < 4.78 is 13.0. The van der Waals surface area contributed by atoms with Crippen LogP contribution in [0.4, 0.5) is 14.9 Å². The molecule has 1 aromatic rings. The number of hydrogen-bond donors (Lipinski definition) is 3. The first-order valence-corrected chi connectivity index (χ1v) is 6.02. The van der Waals surface area contributed by atoms with Gasteiger partial charge < -0.3 is 15.7 Å². The minimum Gasteiger partial charge on any atom is -0.393 e. The summed E-state index contributed by atoms with van der Waals surface area (Å²) in [7, 11) is 0. The standard InChI is InChI=1S/C13H19FN2O2/c1-3-11(17)6-7-15-13(18)16-10-4-5-12(14)9(2)8-10/h4-5,8,11,17H,3,6-7H2,1-2H3,(H2,15,16,18). The second-order valence-corrected chi connectivity index (χ2v) is 4.20. The average Bonchev–Trinajstić information content (AvgIpc) is 2.33. The molecular weight excluding hydrogens is 235 g/mol. The van der Waals surface area contributed by atoms with Gasteiger partial charge in [-0.2, -0.15) is 0 Å². The highest BCUT2D eigenvalue weighted by Gasteiger charge is 2.05. The maximum Gasteiger partial charge on any atom is 0.319 e. The number of nitrogens with one attached hydrogen (secondary N) is 2. The summed E-state index contributed by atoms with van der Waals surface area (Å²) in [6.45, 7) is 3.92. The number of carbonyl (C=O) groups is 1. The summed E-state index contributed by atoms with van der Waals surface area (Å²) in [6.07, 6.45) is 0.797. The third-order valence-corrected chi connectivity index (χ3v) is 2.65. The van der Waals surface area contributed by atoms with Crippen molar-refractivity contribution in [1.82, 2.24) is 5.32 Å². The molecule has 1 rings (SSSR count). The number of rotatable bonds is 5. The van der Waals surface area contributed by atoms with E-state index in [0.717, 1.165) is 0 Å². The van der Waals surface area contributed by atoms with E-state index in [0.29, 0.717) is 30.6 Å². The summed E-state index contributed by atoms with van der Waals surface area (Å²) in [6, 6.07) is 4.02. The molecule has 0 aliphatic carbocycles. The van der Waals surface area contributed by atoms with Crippen LogP contribution in [0.1, 0.15) is 25.3 Å². The Labute approximate surface area is 106 Å². The number of aryl methyl sites for hydroxylation is 1. The zero-order valence-corrected chi connectivity index (χ0v) is 10.7. The van der Waals surface area contributed by atoms with Gasteiger partial charge in [-0.3, -0.25) is 0 Å². The number of benzene rings is 1. The summed E-state index contributed by atoms with van der Waals surface area (Å²) in [5.74, 6) is -0.299. The lowest BCUT2D eigenvalue weighted by molar-refractivity contribution is 0.160. The minimum atomic E-state index is -0.390. The van der Waals surface area contributed by atoms with Crippen molar-refractivity contribution in [2.75, 3.05) is 11.9 Å². The second kappa shape index (κ2) is 6.96. The van der Waals surface area contributed by atoms with Gasteiger partial charge in [-0.1, -0.05) is 6.92 Å². The Morgan fingerprint density at radius 2 is 2.22 bits per heavy atom. The summed E-state index contributed by atoms with van der Waals surface area (Å²) in [4.78, 5) is 11.5. The van der Waals surface area contributed by atoms with Crippen LogP contribution in [-0.2, 0) is 0 Å². The molecule has 0 heterocycles. The number of halogens is 1. The normalized spacial score (nSPS) is 12.0. The van der Waals surface area contributed by atoms with Crippen molar-refractivity contribution in [2.45, 2.75) is 32.8 Å². The van der Waals surface area contributed by atoms with Gasteiger partial charge in [-0.05, 0) is 43.5 Å². The van der Waals surface area contributed by atoms with Crippen LogP contribution in [0.2, 0.25) is 0 Å². The maximum atomic E-state index is 13.0. The van der Waals surface area contributed by atoms with Crippen LogP contribution in [0.25, 0.3) is 0 Å². The number of hydrogen-bond acceptors (Lipinski definition) is 2. The number of aliphatic hydroxyl groups excluding tert-OH is 1. The molecule has 5 heteroatoms. The molecule has 18 heavy (non-hydrogen) atoms. The van der Waals surface area contributed by atoms with Gasteiger partial charge in [0, 0.05) is 12.2 Å². The molecule has 2 amide bonds. The third kappa shape index (κ3) is 4.71. The smallest absolute Gasteiger partial charge is 0.319 e. The second-order valence-electron chi connectivity index (χ2n) is 4.20. The van der Waals surface area contributed by atoms with Gasteiger partial charge in [-0.15, -0.1) is 0 Å². The van der Waals surface area contributed by atoms with Crippen molar-refractivity contribution in [3.8, 4) is 0 Å². The molecule has 1 unspecified atom stereocenters. The topological polar surface area (TPSA) is 61.4 Å². The van der Waals surface area contributed by atoms with Crippen molar-refractivity contribution >= 4 is 11.7 Å². The fourth-order valence-corrected chi connectivity index (χ4v) is 1.45. The molecule has 4 nitrogen and oxygen atoms in total. The summed E-state index contributed by atoms with van der Waals surface area (Å²) >= 11 is 0. The van der Waals surface area contributed by atoms with E-state index < -0.39 is 6.10 Å². The molecule has 0 fully saturated rings. The molecule has 0 saturated carbocycles. The highest BCUT2D eigenvalue weighted by Crippen LogP contribution is 2.13. The molecule has 0 aromatic heterocycles. The van der Waals surface area contributed by atoms with Crippen LogP contribution in [0.3, 0.4) is 0 Å². The molecule has 0 aliphatic rings. The Morgan fingerprint density at radius 3 is 2.83 bits per heavy atom. The lowest BCUT2D eigenvalue weighted by Gasteiger charge is -2.10. The predicted molar refractivity (Wildman–Crippen MR) is 69.1 cm³/mol. The van der Waals surface area contributed by atoms with E-state index in [9.17, 15) is 14.3 Å². The molecule has 0 bridgehead atoms. The third-order valence-electron chi connectivity index (χ3n) is 2.65. The lowest BCUT2D eigenvalue weighted by atomic mass is 10.2. The SMILES string of the molecule is CCC(O)CCNC(=O)Nc1ccc(F)c(C)c1. The fraction of sp³-hybridized carbons (Fsp3) is 0.462. The van der Waals surface area contributed by atoms with Crippen molar-refractivity contribution in [3.05, 3.63) is 29.6 Å². The average molecular weight is 254 g/mol. The van der Waals surface area contributed by atoms with Crippen molar-refractivity contribution < 1.29 is 14.3 Å². The molecule has 1 atom stereocenters. The minimum absolute atomic E-state index is 0.299. The number of carbonyl (C=O) groups excluding carboxylic acids is 1. The van der Waals surface area contributed by atoms with Crippen LogP contribution in [0.15, 0.2) is 18.2 Å². The van der Waals surface area contributed by atoms with E-state index in [-0.39, 0.29) is 11.8 Å². The quantitative estimate of drug-likeness (QED) is 0.755. The molecule has 3 N–H and O–H groups in total. The maximum absolute atomic E-state index is 13.0. The highest BCUT2D eigenvalue weighted by molar-refractivity contribution is 5.89. The Kier molecular flexibility index (Phi) is 5.58. The zero-order valence-electron chi connectivity index (χ0n) is 10.7. The van der Waals surface area contributed by atoms with Crippen LogP contribution < -0.4 is 10.6 Å². The molecule has 0 spiro atoms. The highest BCUT2D eigenvalue weighted by atomic mass is 19.1. The van der Waals surface area contributed by atoms with E-state index >= 15 is 0 Å². The number of anilines is 1. The first kappa shape index (κ1) is 14.4. The fourth-order valence-electron chi connectivity index (χ4n) is 1.45. The molecule has 0 radical (unpaired) electrons. The monoisotopic (exact) mass is 254 g/mol. The van der Waals surface area contributed by atoms with Crippen molar-refractivity contribution in [3.63, 3.8) is 0 Å².